The molecule has 1 unspecified atom stereocenters. The molecule has 9 heteroatoms. The van der Waals surface area contributed by atoms with Gasteiger partial charge in [-0.05, 0) is 55.3 Å². The third-order valence-corrected chi connectivity index (χ3v) is 9.05. The Bertz CT molecular complexity index is 1610. The second-order valence-corrected chi connectivity index (χ2v) is 12.7. The number of benzene rings is 4. The number of nitrogens with zero attached hydrogens (tertiary/aromatic N) is 2. The SMILES string of the molecule is CCNC(=O)C(Cc1ccccc1)N(Cc1cccc(C)c1)C(=O)CN(c1cccc(Br)c1)S(=O)(=O)c1ccccc1. The standard InChI is InChI=1S/C33H34BrN3O4S/c1-3-35-33(39)31(21-26-13-6-4-7-14-26)36(23-27-15-10-12-25(2)20-27)32(38)24-37(29-17-11-16-28(34)22-29)42(40,41)30-18-8-5-9-19-30/h4-20,22,31H,3,21,23-24H2,1-2H3,(H,35,39). The first kappa shape index (κ1) is 31.0. The van der Waals surface area contributed by atoms with Crippen LogP contribution in [0.25, 0.3) is 0 Å². The largest absolute Gasteiger partial charge is 0.355 e. The number of anilines is 1. The van der Waals surface area contributed by atoms with Crippen molar-refractivity contribution in [2.75, 3.05) is 17.4 Å². The van der Waals surface area contributed by atoms with Gasteiger partial charge in [-0.3, -0.25) is 13.9 Å². The first-order valence-electron chi connectivity index (χ1n) is 13.7. The van der Waals surface area contributed by atoms with Crippen molar-refractivity contribution < 1.29 is 18.0 Å². The molecular formula is C33H34BrN3O4S. The number of aryl methyl sites for hydroxylation is 1. The van der Waals surface area contributed by atoms with E-state index in [0.29, 0.717) is 16.7 Å². The third kappa shape index (κ3) is 7.86. The zero-order valence-electron chi connectivity index (χ0n) is 23.6. The molecule has 0 saturated carbocycles. The van der Waals surface area contributed by atoms with Crippen molar-refractivity contribution in [3.05, 3.63) is 130 Å². The van der Waals surface area contributed by atoms with Gasteiger partial charge in [-0.15, -0.1) is 0 Å². The summed E-state index contributed by atoms with van der Waals surface area (Å²) in [5, 5.41) is 2.88. The third-order valence-electron chi connectivity index (χ3n) is 6.76. The molecule has 0 spiro atoms. The molecule has 2 amide bonds. The second kappa shape index (κ2) is 14.3. The minimum Gasteiger partial charge on any atom is -0.355 e. The van der Waals surface area contributed by atoms with Crippen LogP contribution in [0.2, 0.25) is 0 Å². The van der Waals surface area contributed by atoms with Gasteiger partial charge in [-0.25, -0.2) is 8.42 Å². The summed E-state index contributed by atoms with van der Waals surface area (Å²) < 4.78 is 29.7. The smallest absolute Gasteiger partial charge is 0.264 e. The fourth-order valence-electron chi connectivity index (χ4n) is 4.73. The van der Waals surface area contributed by atoms with E-state index < -0.39 is 28.5 Å². The van der Waals surface area contributed by atoms with Gasteiger partial charge in [-0.2, -0.15) is 0 Å². The summed E-state index contributed by atoms with van der Waals surface area (Å²) in [7, 11) is -4.13. The number of carbonyl (C=O) groups excluding carboxylic acids is 2. The van der Waals surface area contributed by atoms with Crippen LogP contribution < -0.4 is 9.62 Å². The molecule has 0 aromatic heterocycles. The van der Waals surface area contributed by atoms with Crippen LogP contribution in [0.5, 0.6) is 0 Å². The van der Waals surface area contributed by atoms with E-state index in [1.54, 1.807) is 42.5 Å². The van der Waals surface area contributed by atoms with Gasteiger partial charge in [0.1, 0.15) is 12.6 Å². The molecule has 42 heavy (non-hydrogen) atoms. The molecule has 7 nitrogen and oxygen atoms in total. The Labute approximate surface area is 256 Å². The highest BCUT2D eigenvalue weighted by Gasteiger charge is 2.34. The number of sulfonamides is 1. The van der Waals surface area contributed by atoms with Crippen molar-refractivity contribution in [3.8, 4) is 0 Å². The van der Waals surface area contributed by atoms with Gasteiger partial charge in [0.2, 0.25) is 11.8 Å². The first-order valence-corrected chi connectivity index (χ1v) is 15.9. The summed E-state index contributed by atoms with van der Waals surface area (Å²) >= 11 is 3.43. The van der Waals surface area contributed by atoms with Crippen LogP contribution in [0.3, 0.4) is 0 Å². The molecule has 1 atom stereocenters. The Morgan fingerprint density at radius 1 is 0.833 bits per heavy atom. The second-order valence-electron chi connectivity index (χ2n) is 9.92. The van der Waals surface area contributed by atoms with E-state index in [2.05, 4.69) is 21.2 Å². The minimum atomic E-state index is -4.13. The molecule has 0 aliphatic carbocycles. The number of nitrogens with one attached hydrogen (secondary N) is 1. The highest BCUT2D eigenvalue weighted by atomic mass is 79.9. The molecule has 0 heterocycles. The molecule has 0 radical (unpaired) electrons. The highest BCUT2D eigenvalue weighted by molar-refractivity contribution is 9.10. The molecule has 0 fully saturated rings. The number of likely N-dealkylation sites (N-methyl/N-ethyl adjacent to an activating group) is 1. The van der Waals surface area contributed by atoms with Crippen LogP contribution in [-0.4, -0.2) is 44.3 Å². The number of amides is 2. The van der Waals surface area contributed by atoms with Crippen LogP contribution in [0.15, 0.2) is 119 Å². The summed E-state index contributed by atoms with van der Waals surface area (Å²) in [6, 6.07) is 31.2. The fraction of sp³-hybridized carbons (Fsp3) is 0.212. The van der Waals surface area contributed by atoms with Gasteiger partial charge < -0.3 is 10.2 Å². The highest BCUT2D eigenvalue weighted by Crippen LogP contribution is 2.27. The lowest BCUT2D eigenvalue weighted by Gasteiger charge is -2.34. The monoisotopic (exact) mass is 647 g/mol. The summed E-state index contributed by atoms with van der Waals surface area (Å²) in [5.74, 6) is -0.801. The molecule has 4 aromatic rings. The number of hydrogen-bond acceptors (Lipinski definition) is 4. The Morgan fingerprint density at radius 2 is 1.48 bits per heavy atom. The molecule has 0 bridgehead atoms. The van der Waals surface area contributed by atoms with Crippen molar-refractivity contribution in [3.63, 3.8) is 0 Å². The lowest BCUT2D eigenvalue weighted by molar-refractivity contribution is -0.140. The lowest BCUT2D eigenvalue weighted by atomic mass is 10.0. The van der Waals surface area contributed by atoms with Gasteiger partial charge >= 0.3 is 0 Å². The molecule has 1 N–H and O–H groups in total. The molecule has 218 valence electrons. The number of carbonyl (C=O) groups is 2. The van der Waals surface area contributed by atoms with Crippen LogP contribution in [0.1, 0.15) is 23.6 Å². The van der Waals surface area contributed by atoms with E-state index in [-0.39, 0.29) is 23.8 Å². The number of rotatable bonds is 12. The predicted molar refractivity (Wildman–Crippen MR) is 169 cm³/mol. The van der Waals surface area contributed by atoms with Crippen molar-refractivity contribution in [2.45, 2.75) is 37.8 Å². The van der Waals surface area contributed by atoms with Crippen LogP contribution in [-0.2, 0) is 32.6 Å². The summed E-state index contributed by atoms with van der Waals surface area (Å²) in [4.78, 5) is 29.4. The maximum atomic E-state index is 14.3. The van der Waals surface area contributed by atoms with Gasteiger partial charge in [0.05, 0.1) is 10.6 Å². The Balaban J connectivity index is 1.79. The average Bonchev–Trinajstić information content (AvgIpc) is 2.98. The van der Waals surface area contributed by atoms with E-state index in [0.717, 1.165) is 21.0 Å². The van der Waals surface area contributed by atoms with E-state index >= 15 is 0 Å². The molecule has 4 aromatic carbocycles. The Hall–Kier alpha value is -3.95. The van der Waals surface area contributed by atoms with Gasteiger partial charge in [0.25, 0.3) is 10.0 Å². The zero-order chi connectivity index (χ0) is 30.1. The first-order chi connectivity index (χ1) is 20.2. The van der Waals surface area contributed by atoms with E-state index in [4.69, 9.17) is 0 Å². The number of hydrogen-bond donors (Lipinski definition) is 1. The van der Waals surface area contributed by atoms with Crippen LogP contribution in [0, 0.1) is 6.92 Å². The van der Waals surface area contributed by atoms with E-state index in [1.807, 2.05) is 68.4 Å². The number of halogens is 1. The normalized spacial score (nSPS) is 11.9. The molecule has 4 rings (SSSR count). The average molecular weight is 649 g/mol. The quantitative estimate of drug-likeness (QED) is 0.213. The van der Waals surface area contributed by atoms with Crippen molar-refractivity contribution in [2.24, 2.45) is 0 Å². The van der Waals surface area contributed by atoms with Gasteiger partial charge in [-0.1, -0.05) is 100 Å². The minimum absolute atomic E-state index is 0.0626. The van der Waals surface area contributed by atoms with Crippen LogP contribution >= 0.6 is 15.9 Å². The molecule has 0 aliphatic rings. The van der Waals surface area contributed by atoms with E-state index in [1.165, 1.54) is 17.0 Å². The summed E-state index contributed by atoms with van der Waals surface area (Å²) in [6.07, 6.45) is 0.270. The summed E-state index contributed by atoms with van der Waals surface area (Å²) in [5.41, 5.74) is 3.07. The maximum absolute atomic E-state index is 14.3. The lowest BCUT2D eigenvalue weighted by Crippen LogP contribution is -2.53. The predicted octanol–water partition coefficient (Wildman–Crippen LogP) is 5.73. The topological polar surface area (TPSA) is 86.8 Å². The van der Waals surface area contributed by atoms with Gasteiger partial charge in [0.15, 0.2) is 0 Å². The van der Waals surface area contributed by atoms with Gasteiger partial charge in [0, 0.05) is 24.0 Å². The Kier molecular flexibility index (Phi) is 10.5. The van der Waals surface area contributed by atoms with E-state index in [9.17, 15) is 18.0 Å². The fourth-order valence-corrected chi connectivity index (χ4v) is 6.55. The van der Waals surface area contributed by atoms with Crippen LogP contribution in [0.4, 0.5) is 5.69 Å². The molecular weight excluding hydrogens is 614 g/mol. The van der Waals surface area contributed by atoms with Crippen molar-refractivity contribution in [1.29, 1.82) is 0 Å². The van der Waals surface area contributed by atoms with Crippen molar-refractivity contribution in [1.82, 2.24) is 10.2 Å². The molecule has 0 aliphatic heterocycles. The van der Waals surface area contributed by atoms with Crippen molar-refractivity contribution >= 4 is 43.5 Å². The maximum Gasteiger partial charge on any atom is 0.264 e. The zero-order valence-corrected chi connectivity index (χ0v) is 26.0. The Morgan fingerprint density at radius 3 is 2.12 bits per heavy atom. The summed E-state index contributed by atoms with van der Waals surface area (Å²) in [6.45, 7) is 3.81. The molecule has 0 saturated heterocycles.